The van der Waals surface area contributed by atoms with E-state index in [0.717, 1.165) is 16.9 Å². The van der Waals surface area contributed by atoms with Crippen LogP contribution in [0.25, 0.3) is 11.5 Å². The Balaban J connectivity index is 2.40. The fraction of sp³-hybridized carbons (Fsp3) is 0.333. The van der Waals surface area contributed by atoms with Gasteiger partial charge in [0.15, 0.2) is 5.82 Å². The van der Waals surface area contributed by atoms with Crippen LogP contribution in [-0.2, 0) is 6.42 Å². The third-order valence-electron chi connectivity index (χ3n) is 2.42. The van der Waals surface area contributed by atoms with Crippen molar-refractivity contribution >= 4 is 0 Å². The molecule has 17 heavy (non-hydrogen) atoms. The fourth-order valence-corrected chi connectivity index (χ4v) is 1.58. The van der Waals surface area contributed by atoms with Gasteiger partial charge in [-0.05, 0) is 25.6 Å². The third kappa shape index (κ3) is 2.45. The summed E-state index contributed by atoms with van der Waals surface area (Å²) in [7, 11) is 1.62. The van der Waals surface area contributed by atoms with Crippen LogP contribution in [0.2, 0.25) is 0 Å². The highest BCUT2D eigenvalue weighted by molar-refractivity contribution is 5.63. The molecule has 1 aromatic carbocycles. The van der Waals surface area contributed by atoms with Gasteiger partial charge >= 0.3 is 0 Å². The number of nitrogens with two attached hydrogens (primary N) is 1. The van der Waals surface area contributed by atoms with Gasteiger partial charge in [0.05, 0.1) is 12.7 Å². The lowest BCUT2D eigenvalue weighted by molar-refractivity contribution is 0.402. The van der Waals surface area contributed by atoms with Gasteiger partial charge in [-0.25, -0.2) is 0 Å². The van der Waals surface area contributed by atoms with E-state index < -0.39 is 0 Å². The number of ether oxygens (including phenoxy) is 1. The SMILES string of the molecule is COc1ccc(C)cc1-c1nc(CCN)no1. The smallest absolute Gasteiger partial charge is 0.261 e. The number of methoxy groups -OCH3 is 1. The van der Waals surface area contributed by atoms with Crippen molar-refractivity contribution in [1.82, 2.24) is 10.1 Å². The van der Waals surface area contributed by atoms with E-state index in [-0.39, 0.29) is 0 Å². The highest BCUT2D eigenvalue weighted by atomic mass is 16.5. The summed E-state index contributed by atoms with van der Waals surface area (Å²) in [6, 6.07) is 5.82. The maximum absolute atomic E-state index is 5.44. The standard InChI is InChI=1S/C12H15N3O2/c1-8-3-4-10(16-2)9(7-8)12-14-11(5-6-13)15-17-12/h3-4,7H,5-6,13H2,1-2H3. The molecule has 0 spiro atoms. The maximum Gasteiger partial charge on any atom is 0.261 e. The van der Waals surface area contributed by atoms with Crippen molar-refractivity contribution in [2.24, 2.45) is 5.73 Å². The predicted octanol–water partition coefficient (Wildman–Crippen LogP) is 1.55. The van der Waals surface area contributed by atoms with Gasteiger partial charge in [0.25, 0.3) is 5.89 Å². The van der Waals surface area contributed by atoms with E-state index in [2.05, 4.69) is 10.1 Å². The molecule has 0 radical (unpaired) electrons. The molecule has 0 aliphatic rings. The maximum atomic E-state index is 5.44. The third-order valence-corrected chi connectivity index (χ3v) is 2.42. The van der Waals surface area contributed by atoms with Crippen molar-refractivity contribution in [3.8, 4) is 17.2 Å². The van der Waals surface area contributed by atoms with E-state index in [4.69, 9.17) is 15.0 Å². The van der Waals surface area contributed by atoms with Crippen LogP contribution in [0.1, 0.15) is 11.4 Å². The number of hydrogen-bond acceptors (Lipinski definition) is 5. The number of nitrogens with zero attached hydrogens (tertiary/aromatic N) is 2. The summed E-state index contributed by atoms with van der Waals surface area (Å²) < 4.78 is 10.5. The number of hydrogen-bond donors (Lipinski definition) is 1. The van der Waals surface area contributed by atoms with Crippen LogP contribution in [0.4, 0.5) is 0 Å². The molecule has 0 atom stereocenters. The highest BCUT2D eigenvalue weighted by Gasteiger charge is 2.13. The van der Waals surface area contributed by atoms with E-state index in [0.29, 0.717) is 24.7 Å². The van der Waals surface area contributed by atoms with Crippen molar-refractivity contribution in [2.45, 2.75) is 13.3 Å². The lowest BCUT2D eigenvalue weighted by Gasteiger charge is -2.05. The molecular weight excluding hydrogens is 218 g/mol. The van der Waals surface area contributed by atoms with E-state index in [1.165, 1.54) is 0 Å². The zero-order chi connectivity index (χ0) is 12.3. The predicted molar refractivity (Wildman–Crippen MR) is 63.8 cm³/mol. The second-order valence-electron chi connectivity index (χ2n) is 3.76. The summed E-state index contributed by atoms with van der Waals surface area (Å²) in [5.41, 5.74) is 7.36. The second kappa shape index (κ2) is 4.97. The Kier molecular flexibility index (Phi) is 3.39. The van der Waals surface area contributed by atoms with Gasteiger partial charge in [0, 0.05) is 6.42 Å². The van der Waals surface area contributed by atoms with Crippen molar-refractivity contribution in [3.63, 3.8) is 0 Å². The second-order valence-corrected chi connectivity index (χ2v) is 3.76. The Bertz CT molecular complexity index is 508. The Morgan fingerprint density at radius 3 is 2.94 bits per heavy atom. The van der Waals surface area contributed by atoms with E-state index >= 15 is 0 Å². The first-order valence-electron chi connectivity index (χ1n) is 5.42. The highest BCUT2D eigenvalue weighted by Crippen LogP contribution is 2.29. The molecule has 5 nitrogen and oxygen atoms in total. The van der Waals surface area contributed by atoms with Crippen LogP contribution in [0, 0.1) is 6.92 Å². The Morgan fingerprint density at radius 1 is 1.41 bits per heavy atom. The van der Waals surface area contributed by atoms with Crippen molar-refractivity contribution < 1.29 is 9.26 Å². The van der Waals surface area contributed by atoms with E-state index in [9.17, 15) is 0 Å². The van der Waals surface area contributed by atoms with Crippen molar-refractivity contribution in [1.29, 1.82) is 0 Å². The molecule has 0 unspecified atom stereocenters. The van der Waals surface area contributed by atoms with Crippen molar-refractivity contribution in [2.75, 3.05) is 13.7 Å². The summed E-state index contributed by atoms with van der Waals surface area (Å²) in [5, 5.41) is 3.87. The molecule has 0 saturated carbocycles. The first kappa shape index (κ1) is 11.6. The number of aryl methyl sites for hydroxylation is 1. The first-order valence-corrected chi connectivity index (χ1v) is 5.42. The minimum atomic E-state index is 0.467. The average Bonchev–Trinajstić information content (AvgIpc) is 2.78. The van der Waals surface area contributed by atoms with Gasteiger partial charge in [-0.15, -0.1) is 0 Å². The van der Waals surface area contributed by atoms with Crippen LogP contribution >= 0.6 is 0 Å². The average molecular weight is 233 g/mol. The molecule has 0 saturated heterocycles. The summed E-state index contributed by atoms with van der Waals surface area (Å²) in [6.45, 7) is 2.50. The molecule has 0 amide bonds. The van der Waals surface area contributed by atoms with Crippen LogP contribution in [-0.4, -0.2) is 23.8 Å². The molecule has 0 aliphatic heterocycles. The van der Waals surface area contributed by atoms with Gasteiger partial charge in [-0.2, -0.15) is 4.98 Å². The molecule has 2 N–H and O–H groups in total. The Morgan fingerprint density at radius 2 is 2.24 bits per heavy atom. The summed E-state index contributed by atoms with van der Waals surface area (Å²) in [6.07, 6.45) is 0.609. The fourth-order valence-electron chi connectivity index (χ4n) is 1.58. The number of rotatable bonds is 4. The molecule has 90 valence electrons. The quantitative estimate of drug-likeness (QED) is 0.867. The van der Waals surface area contributed by atoms with E-state index in [1.807, 2.05) is 25.1 Å². The molecule has 0 fully saturated rings. The molecule has 2 aromatic rings. The van der Waals surface area contributed by atoms with Gasteiger partial charge in [0.1, 0.15) is 5.75 Å². The van der Waals surface area contributed by atoms with Crippen LogP contribution in [0.3, 0.4) is 0 Å². The molecule has 2 rings (SSSR count). The van der Waals surface area contributed by atoms with Gasteiger partial charge < -0.3 is 15.0 Å². The summed E-state index contributed by atoms with van der Waals surface area (Å²) >= 11 is 0. The monoisotopic (exact) mass is 233 g/mol. The lowest BCUT2D eigenvalue weighted by Crippen LogP contribution is -2.03. The zero-order valence-corrected chi connectivity index (χ0v) is 9.93. The Labute approximate surface area is 99.6 Å². The topological polar surface area (TPSA) is 74.2 Å². The largest absolute Gasteiger partial charge is 0.496 e. The van der Waals surface area contributed by atoms with Crippen molar-refractivity contribution in [3.05, 3.63) is 29.6 Å². The van der Waals surface area contributed by atoms with Crippen LogP contribution in [0.5, 0.6) is 5.75 Å². The van der Waals surface area contributed by atoms with Crippen LogP contribution in [0.15, 0.2) is 22.7 Å². The van der Waals surface area contributed by atoms with Crippen LogP contribution < -0.4 is 10.5 Å². The molecule has 5 heteroatoms. The minimum absolute atomic E-state index is 0.467. The molecule has 1 heterocycles. The summed E-state index contributed by atoms with van der Waals surface area (Å²) in [5.74, 6) is 1.80. The first-order chi connectivity index (χ1) is 8.24. The van der Waals surface area contributed by atoms with Gasteiger partial charge in [-0.1, -0.05) is 16.8 Å². The van der Waals surface area contributed by atoms with E-state index in [1.54, 1.807) is 7.11 Å². The minimum Gasteiger partial charge on any atom is -0.496 e. The summed E-state index contributed by atoms with van der Waals surface area (Å²) in [4.78, 5) is 4.28. The zero-order valence-electron chi connectivity index (χ0n) is 9.93. The molecule has 0 bridgehead atoms. The molecule has 1 aromatic heterocycles. The molecular formula is C12H15N3O2. The molecule has 0 aliphatic carbocycles. The number of aromatic nitrogens is 2. The van der Waals surface area contributed by atoms with Gasteiger partial charge in [-0.3, -0.25) is 0 Å². The normalized spacial score (nSPS) is 10.5. The number of benzene rings is 1. The lowest BCUT2D eigenvalue weighted by atomic mass is 10.1. The van der Waals surface area contributed by atoms with Gasteiger partial charge in [0.2, 0.25) is 0 Å². The Hall–Kier alpha value is -1.88.